The summed E-state index contributed by atoms with van der Waals surface area (Å²) in [7, 11) is 1.58. The fraction of sp³-hybridized carbons (Fsp3) is 0.622. The van der Waals surface area contributed by atoms with Crippen LogP contribution in [0.25, 0.3) is 0 Å². The normalized spacial score (nSPS) is 15.6. The number of nitrogens with two attached hydrogens (primary N) is 1. The molecule has 0 aliphatic carbocycles. The molecule has 0 radical (unpaired) electrons. The molecule has 18 heteroatoms. The van der Waals surface area contributed by atoms with Crippen molar-refractivity contribution in [2.24, 2.45) is 23.5 Å². The van der Waals surface area contributed by atoms with E-state index in [1.165, 1.54) is 13.8 Å². The van der Waals surface area contributed by atoms with Gasteiger partial charge in [-0.1, -0.05) is 65.0 Å². The minimum atomic E-state index is -1.45. The van der Waals surface area contributed by atoms with Crippen molar-refractivity contribution in [1.29, 1.82) is 0 Å². The van der Waals surface area contributed by atoms with Crippen LogP contribution in [0.1, 0.15) is 79.2 Å². The van der Waals surface area contributed by atoms with Gasteiger partial charge in [0.15, 0.2) is 0 Å². The van der Waals surface area contributed by atoms with E-state index in [-0.39, 0.29) is 37.5 Å². The van der Waals surface area contributed by atoms with Crippen LogP contribution in [0, 0.1) is 17.8 Å². The molecule has 18 nitrogen and oxygen atoms in total. The summed E-state index contributed by atoms with van der Waals surface area (Å²) in [5, 5.41) is 45.4. The highest BCUT2D eigenvalue weighted by Gasteiger charge is 2.33. The SMILES string of the molecule is CNC(C(=O)NC(CC(N)=O)C(=O)NC(CC(C)C)C(O)CC(C)C(=O)NC(C)C(=O)NC(CCC(=O)O)C(=O)NC(Cc1ccccc1)C(=O)O)C(C)C. The number of aliphatic carboxylic acids is 2. The van der Waals surface area contributed by atoms with Gasteiger partial charge in [0.1, 0.15) is 24.2 Å². The number of carbonyl (C=O) groups excluding carboxylic acids is 6. The Hall–Kier alpha value is -5.10. The number of amides is 6. The first-order valence-corrected chi connectivity index (χ1v) is 18.3. The van der Waals surface area contributed by atoms with Crippen molar-refractivity contribution < 1.29 is 53.7 Å². The molecule has 0 aliphatic rings. The number of likely N-dealkylation sites (N-methyl/N-ethyl adjacent to an activating group) is 1. The molecule has 0 saturated carbocycles. The molecule has 11 N–H and O–H groups in total. The molecule has 0 saturated heterocycles. The van der Waals surface area contributed by atoms with E-state index in [0.717, 1.165) is 0 Å². The number of carboxylic acid groups (broad SMARTS) is 2. The van der Waals surface area contributed by atoms with E-state index >= 15 is 0 Å². The zero-order chi connectivity index (χ0) is 42.0. The smallest absolute Gasteiger partial charge is 0.326 e. The van der Waals surface area contributed by atoms with E-state index in [1.807, 2.05) is 13.8 Å². The third-order valence-electron chi connectivity index (χ3n) is 8.79. The van der Waals surface area contributed by atoms with Crippen LogP contribution in [0.5, 0.6) is 0 Å². The molecule has 55 heavy (non-hydrogen) atoms. The van der Waals surface area contributed by atoms with Gasteiger partial charge in [-0.05, 0) is 50.6 Å². The minimum absolute atomic E-state index is 0.0398. The average Bonchev–Trinajstić information content (AvgIpc) is 3.08. The van der Waals surface area contributed by atoms with Gasteiger partial charge in [0.2, 0.25) is 35.4 Å². The third kappa shape index (κ3) is 17.7. The highest BCUT2D eigenvalue weighted by Crippen LogP contribution is 2.17. The number of rotatable bonds is 25. The molecule has 0 spiro atoms. The Morgan fingerprint density at radius 2 is 1.25 bits per heavy atom. The maximum absolute atomic E-state index is 13.3. The fourth-order valence-electron chi connectivity index (χ4n) is 5.75. The van der Waals surface area contributed by atoms with Gasteiger partial charge in [-0.3, -0.25) is 33.6 Å². The molecule has 0 aromatic heterocycles. The lowest BCUT2D eigenvalue weighted by Crippen LogP contribution is -2.57. The molecule has 0 bridgehead atoms. The van der Waals surface area contributed by atoms with E-state index < -0.39 is 108 Å². The van der Waals surface area contributed by atoms with Gasteiger partial charge >= 0.3 is 11.9 Å². The van der Waals surface area contributed by atoms with Gasteiger partial charge in [0.25, 0.3) is 0 Å². The van der Waals surface area contributed by atoms with Gasteiger partial charge in [-0.2, -0.15) is 0 Å². The Kier molecular flexibility index (Phi) is 20.6. The zero-order valence-corrected chi connectivity index (χ0v) is 32.6. The molecule has 0 aliphatic heterocycles. The van der Waals surface area contributed by atoms with Crippen LogP contribution in [0.3, 0.4) is 0 Å². The quantitative estimate of drug-likeness (QED) is 0.0583. The standard InChI is InChI=1S/C37H59N7O11/c1-19(2)15-25(42-35(52)26(18-29(38)46)43-36(53)31(39-7)20(3)4)28(45)16-21(5)32(49)40-22(6)33(50)41-24(13-14-30(47)48)34(51)44-27(37(54)55)17-23-11-9-8-10-12-23/h8-12,19-22,24-28,31,39,45H,13-18H2,1-7H3,(H2,38,46)(H,40,49)(H,41,50)(H,42,52)(H,43,53)(H,44,51)(H,47,48)(H,54,55). The highest BCUT2D eigenvalue weighted by atomic mass is 16.4. The average molecular weight is 778 g/mol. The van der Waals surface area contributed by atoms with Crippen molar-refractivity contribution in [2.75, 3.05) is 7.05 Å². The van der Waals surface area contributed by atoms with Crippen LogP contribution in [0.4, 0.5) is 0 Å². The maximum Gasteiger partial charge on any atom is 0.326 e. The molecular weight excluding hydrogens is 718 g/mol. The molecule has 1 aromatic rings. The van der Waals surface area contributed by atoms with E-state index in [2.05, 4.69) is 31.9 Å². The molecule has 8 atom stereocenters. The summed E-state index contributed by atoms with van der Waals surface area (Å²) in [6.45, 7) is 10.1. The van der Waals surface area contributed by atoms with Crippen LogP contribution >= 0.6 is 0 Å². The van der Waals surface area contributed by atoms with E-state index in [1.54, 1.807) is 51.2 Å². The van der Waals surface area contributed by atoms with Crippen LogP contribution in [-0.4, -0.2) is 112 Å². The summed E-state index contributed by atoms with van der Waals surface area (Å²) >= 11 is 0. The molecule has 0 heterocycles. The third-order valence-corrected chi connectivity index (χ3v) is 8.79. The second kappa shape index (κ2) is 23.6. The lowest BCUT2D eigenvalue weighted by atomic mass is 9.92. The lowest BCUT2D eigenvalue weighted by molar-refractivity contribution is -0.143. The number of carboxylic acids is 2. The first-order chi connectivity index (χ1) is 25.7. The topological polar surface area (TPSA) is 295 Å². The van der Waals surface area contributed by atoms with Crippen molar-refractivity contribution in [3.05, 3.63) is 35.9 Å². The van der Waals surface area contributed by atoms with Crippen molar-refractivity contribution in [3.63, 3.8) is 0 Å². The molecule has 0 fully saturated rings. The van der Waals surface area contributed by atoms with Gasteiger partial charge < -0.3 is 53.0 Å². The van der Waals surface area contributed by atoms with Gasteiger partial charge in [0, 0.05) is 18.8 Å². The van der Waals surface area contributed by atoms with Crippen LogP contribution in [0.2, 0.25) is 0 Å². The second-order valence-corrected chi connectivity index (χ2v) is 14.5. The monoisotopic (exact) mass is 777 g/mol. The Labute approximate surface area is 321 Å². The van der Waals surface area contributed by atoms with Gasteiger partial charge in [0.05, 0.1) is 24.6 Å². The number of benzene rings is 1. The number of nitrogens with one attached hydrogen (secondary N) is 6. The lowest BCUT2D eigenvalue weighted by Gasteiger charge is -2.30. The highest BCUT2D eigenvalue weighted by molar-refractivity contribution is 5.94. The van der Waals surface area contributed by atoms with E-state index in [9.17, 15) is 53.7 Å². The summed E-state index contributed by atoms with van der Waals surface area (Å²) in [4.78, 5) is 101. The number of carbonyl (C=O) groups is 8. The Balaban J connectivity index is 3.01. The van der Waals surface area contributed by atoms with Gasteiger partial charge in [-0.15, -0.1) is 0 Å². The first kappa shape index (κ1) is 47.9. The summed E-state index contributed by atoms with van der Waals surface area (Å²) in [5.74, 6) is -8.25. The summed E-state index contributed by atoms with van der Waals surface area (Å²) in [6, 6.07) is 1.52. The fourth-order valence-corrected chi connectivity index (χ4v) is 5.75. The summed E-state index contributed by atoms with van der Waals surface area (Å²) < 4.78 is 0. The predicted molar refractivity (Wildman–Crippen MR) is 201 cm³/mol. The zero-order valence-electron chi connectivity index (χ0n) is 32.6. The number of aliphatic hydroxyl groups excluding tert-OH is 1. The first-order valence-electron chi connectivity index (χ1n) is 18.3. The Morgan fingerprint density at radius 1 is 0.691 bits per heavy atom. The largest absolute Gasteiger partial charge is 0.481 e. The minimum Gasteiger partial charge on any atom is -0.481 e. The van der Waals surface area contributed by atoms with Crippen LogP contribution in [-0.2, 0) is 44.8 Å². The molecule has 1 rings (SSSR count). The van der Waals surface area contributed by atoms with E-state index in [4.69, 9.17) is 5.73 Å². The predicted octanol–water partition coefficient (Wildman–Crippen LogP) is -0.825. The molecule has 8 unspecified atom stereocenters. The molecule has 1 aromatic carbocycles. The molecular formula is C37H59N7O11. The Bertz CT molecular complexity index is 1470. The van der Waals surface area contributed by atoms with Crippen LogP contribution in [0.15, 0.2) is 30.3 Å². The summed E-state index contributed by atoms with van der Waals surface area (Å²) in [6.07, 6.45) is -2.67. The number of hydrogen-bond acceptors (Lipinski definition) is 10. The maximum atomic E-state index is 13.3. The summed E-state index contributed by atoms with van der Waals surface area (Å²) in [5.41, 5.74) is 5.98. The van der Waals surface area contributed by atoms with Crippen molar-refractivity contribution in [2.45, 2.75) is 122 Å². The van der Waals surface area contributed by atoms with Crippen LogP contribution < -0.4 is 37.6 Å². The van der Waals surface area contributed by atoms with Crippen molar-refractivity contribution >= 4 is 47.4 Å². The van der Waals surface area contributed by atoms with E-state index in [0.29, 0.717) is 5.56 Å². The van der Waals surface area contributed by atoms with Gasteiger partial charge in [-0.25, -0.2) is 4.79 Å². The molecule has 308 valence electrons. The van der Waals surface area contributed by atoms with Crippen molar-refractivity contribution in [3.8, 4) is 0 Å². The molecule has 6 amide bonds. The number of hydrogen-bond donors (Lipinski definition) is 10. The van der Waals surface area contributed by atoms with Crippen molar-refractivity contribution in [1.82, 2.24) is 31.9 Å². The number of primary amides is 1. The number of aliphatic hydroxyl groups is 1. The Morgan fingerprint density at radius 3 is 1.76 bits per heavy atom. The second-order valence-electron chi connectivity index (χ2n) is 14.5.